The molecule has 0 spiro atoms. The summed E-state index contributed by atoms with van der Waals surface area (Å²) in [5.74, 6) is 1.00. The smallest absolute Gasteiger partial charge is 0.262 e. The number of rotatable bonds is 7. The molecule has 152 valence electrons. The number of carbonyl (C=O) groups excluding carboxylic acids is 1. The predicted molar refractivity (Wildman–Crippen MR) is 114 cm³/mol. The zero-order valence-electron chi connectivity index (χ0n) is 16.5. The van der Waals surface area contributed by atoms with Gasteiger partial charge in [0, 0.05) is 18.2 Å². The van der Waals surface area contributed by atoms with Crippen LogP contribution in [0.5, 0.6) is 5.75 Å². The Kier molecular flexibility index (Phi) is 5.61. The first-order valence-corrected chi connectivity index (χ1v) is 9.61. The molecule has 0 bridgehead atoms. The van der Waals surface area contributed by atoms with E-state index in [0.29, 0.717) is 11.4 Å². The van der Waals surface area contributed by atoms with E-state index in [9.17, 15) is 9.59 Å². The van der Waals surface area contributed by atoms with Crippen LogP contribution in [-0.2, 0) is 17.6 Å². The molecule has 4 rings (SSSR count). The third kappa shape index (κ3) is 4.75. The number of nitrogens with one attached hydrogen (secondary N) is 2. The van der Waals surface area contributed by atoms with Crippen LogP contribution in [0.3, 0.4) is 0 Å². The normalized spacial score (nSPS) is 10.8. The van der Waals surface area contributed by atoms with Crippen LogP contribution in [0.2, 0.25) is 0 Å². The Balaban J connectivity index is 1.37. The number of anilines is 1. The highest BCUT2D eigenvalue weighted by Crippen LogP contribution is 2.18. The van der Waals surface area contributed by atoms with Crippen LogP contribution in [0.4, 0.5) is 5.69 Å². The predicted octanol–water partition coefficient (Wildman–Crippen LogP) is 3.63. The second-order valence-electron chi connectivity index (χ2n) is 6.96. The molecule has 4 aromatic rings. The van der Waals surface area contributed by atoms with Crippen molar-refractivity contribution in [1.29, 1.82) is 0 Å². The number of hydrogen-bond donors (Lipinski definition) is 2. The van der Waals surface area contributed by atoms with E-state index >= 15 is 0 Å². The van der Waals surface area contributed by atoms with Crippen LogP contribution in [0.25, 0.3) is 11.0 Å². The lowest BCUT2D eigenvalue weighted by atomic mass is 10.1. The molecule has 1 amide bonds. The SMILES string of the molecule is Cc1cc(=O)c(OCC(=O)Nc2ccc3nc(CCc4ccccc4)[nH]c3c2)co1. The van der Waals surface area contributed by atoms with E-state index in [1.54, 1.807) is 13.0 Å². The van der Waals surface area contributed by atoms with Crippen LogP contribution in [-0.4, -0.2) is 22.5 Å². The average Bonchev–Trinajstić information content (AvgIpc) is 3.14. The Hall–Kier alpha value is -3.87. The average molecular weight is 403 g/mol. The first-order chi connectivity index (χ1) is 14.6. The molecule has 0 aliphatic carbocycles. The summed E-state index contributed by atoms with van der Waals surface area (Å²) in [6.07, 6.45) is 2.90. The minimum atomic E-state index is -0.377. The molecule has 0 atom stereocenters. The van der Waals surface area contributed by atoms with E-state index in [4.69, 9.17) is 9.15 Å². The maximum atomic E-state index is 12.2. The molecule has 0 unspecified atom stereocenters. The Labute approximate surface area is 172 Å². The zero-order chi connectivity index (χ0) is 20.9. The summed E-state index contributed by atoms with van der Waals surface area (Å²) in [7, 11) is 0. The fraction of sp³-hybridized carbons (Fsp3) is 0.174. The summed E-state index contributed by atoms with van der Waals surface area (Å²) in [6.45, 7) is 1.37. The Bertz CT molecular complexity index is 1230. The lowest BCUT2D eigenvalue weighted by Gasteiger charge is -2.07. The molecule has 0 saturated carbocycles. The van der Waals surface area contributed by atoms with Gasteiger partial charge in [-0.25, -0.2) is 4.98 Å². The van der Waals surface area contributed by atoms with E-state index in [-0.39, 0.29) is 23.7 Å². The number of imidazole rings is 1. The summed E-state index contributed by atoms with van der Waals surface area (Å²) in [5.41, 5.74) is 3.23. The van der Waals surface area contributed by atoms with Crippen molar-refractivity contribution in [2.24, 2.45) is 0 Å². The van der Waals surface area contributed by atoms with Crippen molar-refractivity contribution < 1.29 is 13.9 Å². The number of aryl methyl sites for hydroxylation is 3. The third-order valence-corrected chi connectivity index (χ3v) is 4.60. The summed E-state index contributed by atoms with van der Waals surface area (Å²) in [5, 5.41) is 2.76. The quantitative estimate of drug-likeness (QED) is 0.491. The van der Waals surface area contributed by atoms with Gasteiger partial charge in [-0.05, 0) is 37.1 Å². The number of nitrogens with zero attached hydrogens (tertiary/aromatic N) is 1. The highest BCUT2D eigenvalue weighted by molar-refractivity contribution is 5.94. The number of hydrogen-bond acceptors (Lipinski definition) is 5. The molecule has 2 N–H and O–H groups in total. The van der Waals surface area contributed by atoms with Crippen LogP contribution in [0.1, 0.15) is 17.1 Å². The maximum absolute atomic E-state index is 12.2. The van der Waals surface area contributed by atoms with Crippen molar-refractivity contribution in [3.05, 3.63) is 88.2 Å². The standard InChI is InChI=1S/C23H21N3O4/c1-15-11-20(27)21(13-29-15)30-14-23(28)24-17-8-9-18-19(12-17)26-22(25-18)10-7-16-5-3-2-4-6-16/h2-6,8-9,11-13H,7,10,14H2,1H3,(H,24,28)(H,25,26). The monoisotopic (exact) mass is 403 g/mol. The highest BCUT2D eigenvalue weighted by atomic mass is 16.5. The number of benzene rings is 2. The molecule has 7 heteroatoms. The number of aromatic amines is 1. The van der Waals surface area contributed by atoms with Gasteiger partial charge in [0.15, 0.2) is 6.61 Å². The lowest BCUT2D eigenvalue weighted by molar-refractivity contribution is -0.118. The van der Waals surface area contributed by atoms with E-state index in [2.05, 4.69) is 27.4 Å². The second-order valence-corrected chi connectivity index (χ2v) is 6.96. The van der Waals surface area contributed by atoms with Gasteiger partial charge in [-0.3, -0.25) is 9.59 Å². The van der Waals surface area contributed by atoms with Gasteiger partial charge < -0.3 is 19.5 Å². The van der Waals surface area contributed by atoms with Gasteiger partial charge in [0.05, 0.1) is 11.0 Å². The number of H-pyrrole nitrogens is 1. The second kappa shape index (κ2) is 8.65. The van der Waals surface area contributed by atoms with Crippen LogP contribution >= 0.6 is 0 Å². The Morgan fingerprint density at radius 3 is 2.77 bits per heavy atom. The first-order valence-electron chi connectivity index (χ1n) is 9.61. The molecule has 2 heterocycles. The molecule has 2 aromatic heterocycles. The maximum Gasteiger partial charge on any atom is 0.262 e. The van der Waals surface area contributed by atoms with E-state index in [0.717, 1.165) is 29.7 Å². The van der Waals surface area contributed by atoms with E-state index in [1.165, 1.54) is 17.9 Å². The number of fused-ring (bicyclic) bond motifs is 1. The number of ether oxygens (including phenoxy) is 1. The molecule has 7 nitrogen and oxygen atoms in total. The summed E-state index contributed by atoms with van der Waals surface area (Å²) >= 11 is 0. The fourth-order valence-corrected chi connectivity index (χ4v) is 3.11. The van der Waals surface area contributed by atoms with Crippen LogP contribution in [0, 0.1) is 6.92 Å². The van der Waals surface area contributed by atoms with Crippen LogP contribution < -0.4 is 15.5 Å². The van der Waals surface area contributed by atoms with Crippen molar-refractivity contribution >= 4 is 22.6 Å². The molecule has 30 heavy (non-hydrogen) atoms. The minimum Gasteiger partial charge on any atom is -0.477 e. The van der Waals surface area contributed by atoms with Gasteiger partial charge in [0.1, 0.15) is 17.8 Å². The minimum absolute atomic E-state index is 0.00262. The molecule has 0 aliphatic heterocycles. The summed E-state index contributed by atoms with van der Waals surface area (Å²) in [4.78, 5) is 31.9. The van der Waals surface area contributed by atoms with Gasteiger partial charge >= 0.3 is 0 Å². The van der Waals surface area contributed by atoms with E-state index in [1.807, 2.05) is 30.3 Å². The summed E-state index contributed by atoms with van der Waals surface area (Å²) in [6, 6.07) is 17.0. The molecular weight excluding hydrogens is 382 g/mol. The van der Waals surface area contributed by atoms with Gasteiger partial charge in [-0.15, -0.1) is 0 Å². The van der Waals surface area contributed by atoms with Crippen molar-refractivity contribution in [3.8, 4) is 5.75 Å². The molecular formula is C23H21N3O4. The number of carbonyl (C=O) groups is 1. The van der Waals surface area contributed by atoms with Crippen molar-refractivity contribution in [3.63, 3.8) is 0 Å². The van der Waals surface area contributed by atoms with Crippen LogP contribution in [0.15, 0.2) is 70.1 Å². The zero-order valence-corrected chi connectivity index (χ0v) is 16.5. The Morgan fingerprint density at radius 2 is 1.97 bits per heavy atom. The number of amides is 1. The van der Waals surface area contributed by atoms with Crippen molar-refractivity contribution in [2.45, 2.75) is 19.8 Å². The molecule has 0 saturated heterocycles. The highest BCUT2D eigenvalue weighted by Gasteiger charge is 2.09. The number of aromatic nitrogens is 2. The van der Waals surface area contributed by atoms with Crippen molar-refractivity contribution in [2.75, 3.05) is 11.9 Å². The lowest BCUT2D eigenvalue weighted by Crippen LogP contribution is -2.22. The molecule has 0 radical (unpaired) electrons. The first kappa shape index (κ1) is 19.4. The fourth-order valence-electron chi connectivity index (χ4n) is 3.11. The molecule has 0 fully saturated rings. The van der Waals surface area contributed by atoms with Gasteiger partial charge in [-0.2, -0.15) is 0 Å². The molecule has 2 aromatic carbocycles. The van der Waals surface area contributed by atoms with Gasteiger partial charge in [0.25, 0.3) is 5.91 Å². The topological polar surface area (TPSA) is 97.2 Å². The molecule has 0 aliphatic rings. The van der Waals surface area contributed by atoms with Crippen molar-refractivity contribution in [1.82, 2.24) is 9.97 Å². The largest absolute Gasteiger partial charge is 0.477 e. The van der Waals surface area contributed by atoms with E-state index < -0.39 is 0 Å². The third-order valence-electron chi connectivity index (χ3n) is 4.60. The summed E-state index contributed by atoms with van der Waals surface area (Å²) < 4.78 is 10.4. The Morgan fingerprint density at radius 1 is 1.13 bits per heavy atom. The van der Waals surface area contributed by atoms with Gasteiger partial charge in [-0.1, -0.05) is 30.3 Å². The van der Waals surface area contributed by atoms with Gasteiger partial charge in [0.2, 0.25) is 11.2 Å².